The Morgan fingerprint density at radius 3 is 1.55 bits per heavy atom. The quantitative estimate of drug-likeness (QED) is 0.0456. The lowest BCUT2D eigenvalue weighted by molar-refractivity contribution is 0.296. The van der Waals surface area contributed by atoms with Crippen LogP contribution in [0.4, 0.5) is 0 Å². The fourth-order valence-corrected chi connectivity index (χ4v) is 362. The van der Waals surface area contributed by atoms with Crippen molar-refractivity contribution in [1.82, 2.24) is 0 Å². The molecule has 1 rings (SSSR count). The van der Waals surface area contributed by atoms with E-state index in [1.807, 2.05) is 58.9 Å². The SMILES string of the molecule is [B]C[Si](C)(O)[Si]1([SiH2]O)O[Si](C)(O[Si](C)(C)C)C[Si](C)(O[Si](C)(C)C)O[Si](O[Si](O[SiH2]O)([SiH2]O)[SiH2]O)([Si](O[SiH2]O)([SiH2]O)[SiH2]O)[Si]1(O[SiH](C)O)[Si](C)([SiH3])OC. The van der Waals surface area contributed by atoms with Crippen molar-refractivity contribution in [3.05, 3.63) is 0 Å². The van der Waals surface area contributed by atoms with E-state index in [4.69, 9.17) is 45.2 Å². The van der Waals surface area contributed by atoms with Gasteiger partial charge in [-0.2, -0.15) is 0 Å². The average molecular weight is 1100 g/mol. The van der Waals surface area contributed by atoms with E-state index in [-0.39, 0.29) is 21.4 Å². The summed E-state index contributed by atoms with van der Waals surface area (Å²) in [6, 6.07) is 0. The van der Waals surface area contributed by atoms with E-state index in [1.54, 1.807) is 6.55 Å². The molecule has 18 nitrogen and oxygen atoms in total. The third-order valence-corrected chi connectivity index (χ3v) is 211. The van der Waals surface area contributed by atoms with Gasteiger partial charge in [-0.1, -0.05) is 5.94 Å². The Morgan fingerprint density at radius 1 is 0.774 bits per heavy atom. The lowest BCUT2D eigenvalue weighted by Crippen LogP contribution is -3.07. The summed E-state index contributed by atoms with van der Waals surface area (Å²) in [6.07, 6.45) is 0. The summed E-state index contributed by atoms with van der Waals surface area (Å²) in [7, 11) is -42.4. The highest BCUT2D eigenvalue weighted by atomic mass is 30.3. The average Bonchev–Trinajstić information content (AvgIpc) is 3.01. The Balaban J connectivity index is 5.38. The van der Waals surface area contributed by atoms with Crippen LogP contribution in [0, 0.1) is 0 Å². The summed E-state index contributed by atoms with van der Waals surface area (Å²) in [5.41, 5.74) is 0.103. The first kappa shape index (κ1) is 54.7. The zero-order valence-corrected chi connectivity index (χ0v) is 57.8. The first-order chi connectivity index (χ1) is 24.0. The Hall–Kier alpha value is 3.68. The molecule has 8 unspecified atom stereocenters. The molecular weight excluding hydrogens is 1030 g/mol. The van der Waals surface area contributed by atoms with Crippen LogP contribution in [0.25, 0.3) is 0 Å². The van der Waals surface area contributed by atoms with Crippen LogP contribution in [0.3, 0.4) is 0 Å². The maximum absolute atomic E-state index is 13.1. The molecule has 8 atom stereocenters. The molecule has 0 aromatic carbocycles. The minimum absolute atomic E-state index is 0.103. The number of rotatable bonds is 22. The molecule has 1 heterocycles. The molecule has 1 fully saturated rings. The smallest absolute Gasteiger partial charge is 0.338 e. The van der Waals surface area contributed by atoms with Crippen LogP contribution in [-0.2, 0) is 37.3 Å². The van der Waals surface area contributed by atoms with Crippen molar-refractivity contribution in [2.24, 2.45) is 0 Å². The summed E-state index contributed by atoms with van der Waals surface area (Å²) in [4.78, 5) is 105. The molecule has 0 aromatic heterocycles. The van der Waals surface area contributed by atoms with E-state index < -0.39 is 160 Å². The Kier molecular flexibility index (Phi) is 20.9. The zero-order chi connectivity index (χ0) is 41.8. The highest BCUT2D eigenvalue weighted by Crippen LogP contribution is 2.51. The van der Waals surface area contributed by atoms with Crippen LogP contribution in [-0.4, -0.2) is 228 Å². The van der Waals surface area contributed by atoms with Crippen molar-refractivity contribution in [3.63, 3.8) is 0 Å². The second-order valence-corrected chi connectivity index (χ2v) is 132. The normalized spacial score (nSPS) is 35.9. The van der Waals surface area contributed by atoms with Crippen molar-refractivity contribution >= 4 is 178 Å². The van der Waals surface area contributed by atoms with E-state index in [0.717, 1.165) is 0 Å². The maximum Gasteiger partial charge on any atom is 0.338 e. The van der Waals surface area contributed by atoms with Gasteiger partial charge in [0.05, 0.1) is 7.85 Å². The van der Waals surface area contributed by atoms with Gasteiger partial charge in [0.25, 0.3) is 33.8 Å². The van der Waals surface area contributed by atoms with Gasteiger partial charge in [0, 0.05) is 22.5 Å². The molecule has 1 aliphatic rings. The highest BCUT2D eigenvalue weighted by Gasteiger charge is 2.92. The third kappa shape index (κ3) is 11.4. The molecular formula is C14H67BO18Si20. The minimum Gasteiger partial charge on any atom is -0.440 e. The van der Waals surface area contributed by atoms with Crippen LogP contribution in [0.1, 0.15) is 0 Å². The largest absolute Gasteiger partial charge is 0.440 e. The predicted octanol–water partition coefficient (Wildman–Crippen LogP) is -10.9. The number of hydrogen-bond donors (Lipinski definition) is 9. The molecule has 39 heteroatoms. The molecule has 0 bridgehead atoms. The molecule has 0 aliphatic carbocycles. The molecule has 9 N–H and O–H groups in total. The molecule has 0 amide bonds. The first-order valence-corrected chi connectivity index (χ1v) is 71.5. The summed E-state index contributed by atoms with van der Waals surface area (Å²) in [5, 5.41) is 0. The Bertz CT molecular complexity index is 1170. The van der Waals surface area contributed by atoms with Crippen LogP contribution >= 0.6 is 0 Å². The topological polar surface area (TPSA) is 265 Å². The van der Waals surface area contributed by atoms with Crippen molar-refractivity contribution in [3.8, 4) is 0 Å². The summed E-state index contributed by atoms with van der Waals surface area (Å²) < 4.78 is 63.7. The van der Waals surface area contributed by atoms with Crippen molar-refractivity contribution in [1.29, 1.82) is 0 Å². The van der Waals surface area contributed by atoms with Crippen LogP contribution in [0.5, 0.6) is 0 Å². The van der Waals surface area contributed by atoms with Gasteiger partial charge in [-0.15, -0.1) is 0 Å². The van der Waals surface area contributed by atoms with Gasteiger partial charge in [0.15, 0.2) is 59.7 Å². The van der Waals surface area contributed by atoms with Gasteiger partial charge in [-0.25, -0.2) is 0 Å². The summed E-state index contributed by atoms with van der Waals surface area (Å²) >= 11 is 0. The van der Waals surface area contributed by atoms with E-state index in [2.05, 4.69) is 0 Å². The maximum atomic E-state index is 13.1. The Morgan fingerprint density at radius 2 is 1.23 bits per heavy atom. The zero-order valence-electron chi connectivity index (χ0n) is 33.7. The molecule has 0 saturated carbocycles. The molecule has 0 aromatic rings. The Labute approximate surface area is 346 Å². The fourth-order valence-electron chi connectivity index (χ4n) is 7.49. The van der Waals surface area contributed by atoms with Gasteiger partial charge in [0.1, 0.15) is 0 Å². The van der Waals surface area contributed by atoms with E-state index in [0.29, 0.717) is 0 Å². The molecule has 1 aliphatic heterocycles. The van der Waals surface area contributed by atoms with Gasteiger partial charge < -0.3 is 80.5 Å². The van der Waals surface area contributed by atoms with Crippen molar-refractivity contribution < 1.29 is 80.5 Å². The lowest BCUT2D eigenvalue weighted by Gasteiger charge is -2.68. The molecule has 1 saturated heterocycles. The van der Waals surface area contributed by atoms with Crippen molar-refractivity contribution in [2.75, 3.05) is 7.11 Å². The lowest BCUT2D eigenvalue weighted by atomic mass is 10.2. The second-order valence-electron chi connectivity index (χ2n) is 16.5. The summed E-state index contributed by atoms with van der Waals surface area (Å²) in [6.45, 7) is 7.01. The van der Waals surface area contributed by atoms with E-state index in [1.165, 1.54) is 13.7 Å². The van der Waals surface area contributed by atoms with Gasteiger partial charge in [-0.05, 0) is 72.0 Å². The van der Waals surface area contributed by atoms with Gasteiger partial charge in [0.2, 0.25) is 25.4 Å². The molecule has 0 spiro atoms. The van der Waals surface area contributed by atoms with Crippen LogP contribution < -0.4 is 0 Å². The highest BCUT2D eigenvalue weighted by molar-refractivity contribution is 8.13. The molecule has 2 radical (unpaired) electrons. The molecule has 53 heavy (non-hydrogen) atoms. The fraction of sp³-hybridized carbons (Fsp3) is 1.00. The predicted molar refractivity (Wildman–Crippen MR) is 256 cm³/mol. The van der Waals surface area contributed by atoms with E-state index in [9.17, 15) is 43.2 Å². The number of hydrogen-bond acceptors (Lipinski definition) is 18. The second kappa shape index (κ2) is 20.2. The van der Waals surface area contributed by atoms with Gasteiger partial charge in [-0.3, -0.25) is 0 Å². The third-order valence-electron chi connectivity index (χ3n) is 9.25. The van der Waals surface area contributed by atoms with Gasteiger partial charge >= 0.3 is 41.6 Å². The first-order valence-electron chi connectivity index (χ1n) is 17.3. The minimum atomic E-state index is -5.08. The monoisotopic (exact) mass is 1090 g/mol. The van der Waals surface area contributed by atoms with Crippen molar-refractivity contribution in [2.45, 2.75) is 83.6 Å². The van der Waals surface area contributed by atoms with Crippen LogP contribution in [0.2, 0.25) is 83.6 Å². The summed E-state index contributed by atoms with van der Waals surface area (Å²) in [5.74, 6) is -0.298. The van der Waals surface area contributed by atoms with Crippen LogP contribution in [0.15, 0.2) is 0 Å². The molecule has 314 valence electrons. The van der Waals surface area contributed by atoms with E-state index >= 15 is 0 Å². The standard InChI is InChI=1S/C14H67BO18Si20/c1-25-48(12,34)53(28-42(2)23)50(51(39-20,40-21)27-36-17,33-49(37-18,38-19)26-35-16)31-46(10,29-43(3,4)5)14-47(11,30-44(6,7)8)32-52(53,41-22)45(9,24)13-15/h16-24,42H,13-14,35-41H2,1-12,34H3.